The van der Waals surface area contributed by atoms with Gasteiger partial charge in [-0.25, -0.2) is 9.63 Å². The molecular weight excluding hydrogens is 430 g/mol. The van der Waals surface area contributed by atoms with Gasteiger partial charge in [0.15, 0.2) is 6.61 Å². The van der Waals surface area contributed by atoms with Crippen LogP contribution in [-0.2, 0) is 30.4 Å². The molecule has 10 heteroatoms. The van der Waals surface area contributed by atoms with Gasteiger partial charge in [-0.3, -0.25) is 14.5 Å². The number of fused-ring (bicyclic) bond motifs is 5. The Hall–Kier alpha value is -3.53. The number of hydrogen-bond donors (Lipinski definition) is 1. The number of rotatable bonds is 11. The molecule has 0 saturated carbocycles. The lowest BCUT2D eigenvalue weighted by atomic mass is 9.77. The molecule has 3 amide bonds. The first kappa shape index (κ1) is 22.7. The largest absolute Gasteiger partial charge is 0.446 e. The molecule has 1 N–H and O–H groups in total. The molecule has 0 aliphatic carbocycles. The molecule has 2 saturated heterocycles. The summed E-state index contributed by atoms with van der Waals surface area (Å²) in [4.78, 5) is 56.1. The van der Waals surface area contributed by atoms with Crippen molar-refractivity contribution in [3.63, 3.8) is 0 Å². The number of likely N-dealkylation sites (tertiary alicyclic amines) is 1. The van der Waals surface area contributed by atoms with Crippen LogP contribution in [0.3, 0.4) is 0 Å². The highest BCUT2D eigenvalue weighted by atomic mass is 16.8. The molecule has 2 fully saturated rings. The summed E-state index contributed by atoms with van der Waals surface area (Å²) in [5.41, 5.74) is -0.300. The molecule has 0 aromatic heterocycles. The van der Waals surface area contributed by atoms with Gasteiger partial charge in [0, 0.05) is 13.0 Å². The fourth-order valence-corrected chi connectivity index (χ4v) is 4.48. The zero-order valence-corrected chi connectivity index (χ0v) is 18.1. The van der Waals surface area contributed by atoms with Gasteiger partial charge in [-0.2, -0.15) is 0 Å². The SMILES string of the molecule is C=CCO[N+](=O)CCCNC(=O)OCC12C=CC(O1)C1C(=O)N(Cc3ccccc3)C(=O)C12. The van der Waals surface area contributed by atoms with Gasteiger partial charge >= 0.3 is 6.09 Å². The molecule has 0 spiro atoms. The van der Waals surface area contributed by atoms with E-state index in [0.29, 0.717) is 11.3 Å². The number of hydrogen-bond acceptors (Lipinski definition) is 7. The Balaban J connectivity index is 1.30. The molecule has 10 nitrogen and oxygen atoms in total. The highest BCUT2D eigenvalue weighted by molar-refractivity contribution is 6.07. The lowest BCUT2D eigenvalue weighted by Crippen LogP contribution is -2.45. The Kier molecular flexibility index (Phi) is 6.55. The van der Waals surface area contributed by atoms with Gasteiger partial charge in [-0.05, 0) is 17.7 Å². The molecule has 3 heterocycles. The van der Waals surface area contributed by atoms with Crippen LogP contribution in [-0.4, -0.2) is 65.7 Å². The van der Waals surface area contributed by atoms with Gasteiger partial charge in [0.2, 0.25) is 23.3 Å². The third-order valence-corrected chi connectivity index (χ3v) is 5.98. The zero-order chi connectivity index (χ0) is 23.4. The maximum atomic E-state index is 13.2. The number of carbonyl (C=O) groups excluding carboxylic acids is 3. The van der Waals surface area contributed by atoms with E-state index in [-0.39, 0.29) is 44.7 Å². The van der Waals surface area contributed by atoms with Gasteiger partial charge in [0.1, 0.15) is 12.2 Å². The molecule has 4 atom stereocenters. The quantitative estimate of drug-likeness (QED) is 0.232. The summed E-state index contributed by atoms with van der Waals surface area (Å²) in [6.45, 7) is 3.84. The smallest absolute Gasteiger partial charge is 0.407 e. The van der Waals surface area contributed by atoms with E-state index in [1.54, 1.807) is 12.2 Å². The Morgan fingerprint density at radius 2 is 2.06 bits per heavy atom. The lowest BCUT2D eigenvalue weighted by Gasteiger charge is -2.28. The van der Waals surface area contributed by atoms with E-state index in [1.165, 1.54) is 11.0 Å². The number of benzene rings is 1. The van der Waals surface area contributed by atoms with Crippen LogP contribution in [0.1, 0.15) is 12.0 Å². The van der Waals surface area contributed by atoms with Crippen molar-refractivity contribution in [3.05, 3.63) is 65.6 Å². The van der Waals surface area contributed by atoms with E-state index in [1.807, 2.05) is 30.3 Å². The van der Waals surface area contributed by atoms with Crippen LogP contribution in [0.4, 0.5) is 4.79 Å². The Bertz CT molecular complexity index is 980. The fraction of sp³-hybridized carbons (Fsp3) is 0.435. The number of amides is 3. The summed E-state index contributed by atoms with van der Waals surface area (Å²) >= 11 is 0. The highest BCUT2D eigenvalue weighted by Crippen LogP contribution is 2.52. The molecule has 174 valence electrons. The van der Waals surface area contributed by atoms with Crippen molar-refractivity contribution in [1.29, 1.82) is 0 Å². The second-order valence-corrected chi connectivity index (χ2v) is 8.15. The minimum atomic E-state index is -1.16. The van der Waals surface area contributed by atoms with Crippen molar-refractivity contribution in [2.75, 3.05) is 26.3 Å². The second kappa shape index (κ2) is 9.53. The normalized spacial score (nSPS) is 26.9. The minimum Gasteiger partial charge on any atom is -0.446 e. The van der Waals surface area contributed by atoms with Crippen LogP contribution in [0.25, 0.3) is 0 Å². The highest BCUT2D eigenvalue weighted by Gasteiger charge is 2.68. The first-order valence-electron chi connectivity index (χ1n) is 10.8. The van der Waals surface area contributed by atoms with Gasteiger partial charge in [-0.1, -0.05) is 43.0 Å². The van der Waals surface area contributed by atoms with Gasteiger partial charge < -0.3 is 14.8 Å². The lowest BCUT2D eigenvalue weighted by molar-refractivity contribution is -0.801. The summed E-state index contributed by atoms with van der Waals surface area (Å²) in [7, 11) is 0. The van der Waals surface area contributed by atoms with E-state index in [2.05, 4.69) is 11.9 Å². The van der Waals surface area contributed by atoms with Gasteiger partial charge in [-0.15, -0.1) is 0 Å². The van der Waals surface area contributed by atoms with Crippen LogP contribution in [0.2, 0.25) is 0 Å². The van der Waals surface area contributed by atoms with E-state index in [9.17, 15) is 19.3 Å². The van der Waals surface area contributed by atoms with Gasteiger partial charge in [0.25, 0.3) is 0 Å². The third-order valence-electron chi connectivity index (χ3n) is 5.98. The zero-order valence-electron chi connectivity index (χ0n) is 18.1. The molecule has 1 aromatic rings. The Morgan fingerprint density at radius 3 is 2.82 bits per heavy atom. The second-order valence-electron chi connectivity index (χ2n) is 8.15. The van der Waals surface area contributed by atoms with E-state index in [0.717, 1.165) is 5.56 Å². The molecule has 2 bridgehead atoms. The molecular formula is C23H26N3O7+. The topological polar surface area (TPSA) is 114 Å². The van der Waals surface area contributed by atoms with Crippen LogP contribution in [0, 0.1) is 16.7 Å². The van der Waals surface area contributed by atoms with Crippen LogP contribution in [0.5, 0.6) is 0 Å². The Labute approximate surface area is 190 Å². The number of imide groups is 1. The van der Waals surface area contributed by atoms with Crippen molar-refractivity contribution in [1.82, 2.24) is 10.2 Å². The number of nitrogens with zero attached hydrogens (tertiary/aromatic N) is 2. The molecule has 0 radical (unpaired) electrons. The van der Waals surface area contributed by atoms with Gasteiger partial charge in [0.05, 0.1) is 29.4 Å². The molecule has 33 heavy (non-hydrogen) atoms. The molecule has 3 aliphatic heterocycles. The number of ether oxygens (including phenoxy) is 2. The summed E-state index contributed by atoms with van der Waals surface area (Å²) < 4.78 is 11.3. The van der Waals surface area contributed by atoms with Crippen LogP contribution >= 0.6 is 0 Å². The molecule has 4 rings (SSSR count). The minimum absolute atomic E-state index is 0.0726. The van der Waals surface area contributed by atoms with E-state index in [4.69, 9.17) is 14.3 Å². The first-order chi connectivity index (χ1) is 15.9. The standard InChI is InChI=1S/C23H25N3O7/c1-2-13-32-26(30)12-6-11-24-22(29)31-15-23-10-9-17(33-23)18-19(23)21(28)25(20(18)27)14-16-7-4-3-5-8-16/h2-5,7-10,17-19H,1,6,11-15H2/p+1. The van der Waals surface area contributed by atoms with Crippen molar-refractivity contribution in [3.8, 4) is 0 Å². The monoisotopic (exact) mass is 456 g/mol. The summed E-state index contributed by atoms with van der Waals surface area (Å²) in [5.74, 6) is -1.93. The fourth-order valence-electron chi connectivity index (χ4n) is 4.48. The maximum Gasteiger partial charge on any atom is 0.407 e. The third kappa shape index (κ3) is 4.51. The molecule has 1 aromatic carbocycles. The summed E-state index contributed by atoms with van der Waals surface area (Å²) in [6, 6.07) is 9.30. The van der Waals surface area contributed by atoms with Crippen LogP contribution < -0.4 is 5.32 Å². The molecule has 3 aliphatic rings. The summed E-state index contributed by atoms with van der Waals surface area (Å²) in [5, 5.41) is 2.55. The van der Waals surface area contributed by atoms with Crippen molar-refractivity contribution in [2.24, 2.45) is 11.8 Å². The predicted octanol–water partition coefficient (Wildman–Crippen LogP) is 1.51. The average Bonchev–Trinajstić information content (AvgIpc) is 3.46. The average molecular weight is 456 g/mol. The van der Waals surface area contributed by atoms with Crippen molar-refractivity contribution < 1.29 is 33.6 Å². The Morgan fingerprint density at radius 1 is 1.27 bits per heavy atom. The predicted molar refractivity (Wildman–Crippen MR) is 114 cm³/mol. The van der Waals surface area contributed by atoms with Crippen molar-refractivity contribution in [2.45, 2.75) is 24.7 Å². The maximum absolute atomic E-state index is 13.2. The molecule has 4 unspecified atom stereocenters. The number of alkyl carbamates (subject to hydrolysis) is 1. The van der Waals surface area contributed by atoms with E-state index >= 15 is 0 Å². The summed E-state index contributed by atoms with van der Waals surface area (Å²) in [6.07, 6.45) is 4.07. The van der Waals surface area contributed by atoms with Crippen molar-refractivity contribution >= 4 is 17.9 Å². The van der Waals surface area contributed by atoms with Crippen LogP contribution in [0.15, 0.2) is 55.1 Å². The number of carbonyl (C=O) groups is 3. The first-order valence-corrected chi connectivity index (χ1v) is 10.8. The number of nitrogens with one attached hydrogen (secondary N) is 1. The van der Waals surface area contributed by atoms with E-state index < -0.39 is 29.6 Å².